The quantitative estimate of drug-likeness (QED) is 0.812. The minimum absolute atomic E-state index is 0.0761. The Balaban J connectivity index is 2.22. The van der Waals surface area contributed by atoms with E-state index in [9.17, 15) is 0 Å². The fraction of sp³-hybridized carbons (Fsp3) is 0.562. The molecule has 0 spiro atoms. The number of hydrogen-bond donors (Lipinski definition) is 1. The fourth-order valence-electron chi connectivity index (χ4n) is 2.29. The van der Waals surface area contributed by atoms with Crippen LogP contribution >= 0.6 is 0 Å². The second-order valence-corrected chi connectivity index (χ2v) is 5.52. The summed E-state index contributed by atoms with van der Waals surface area (Å²) in [5.74, 6) is 2.26. The zero-order valence-electron chi connectivity index (χ0n) is 13.2. The Bertz CT molecular complexity index is 519. The number of aromatic nitrogens is 2. The van der Waals surface area contributed by atoms with Crippen LogP contribution in [0.5, 0.6) is 0 Å². The van der Waals surface area contributed by atoms with Gasteiger partial charge in [-0.2, -0.15) is 0 Å². The lowest BCUT2D eigenvalue weighted by Gasteiger charge is -2.27. The predicted octanol–water partition coefficient (Wildman–Crippen LogP) is 2.75. The Hall–Kier alpha value is -1.59. The lowest BCUT2D eigenvalue weighted by atomic mass is 10.0. The van der Waals surface area contributed by atoms with Crippen molar-refractivity contribution in [3.8, 4) is 0 Å². The zero-order chi connectivity index (χ0) is 15.2. The summed E-state index contributed by atoms with van der Waals surface area (Å²) in [5, 5.41) is 3.63. The van der Waals surface area contributed by atoms with Gasteiger partial charge in [-0.25, -0.2) is 4.98 Å². The average molecular weight is 291 g/mol. The number of furan rings is 1. The SMILES string of the molecule is CCOCC(NC(c1ccco1)c1nccn1C)C(C)C. The number of nitrogens with one attached hydrogen (secondary N) is 1. The standard InChI is InChI=1S/C16H25N3O2/c1-5-20-11-13(12(2)3)18-15(14-7-6-10-21-14)16-17-8-9-19(16)4/h6-10,12-13,15,18H,5,11H2,1-4H3. The number of ether oxygens (including phenoxy) is 1. The maximum Gasteiger partial charge on any atom is 0.133 e. The van der Waals surface area contributed by atoms with E-state index in [1.807, 2.05) is 36.9 Å². The van der Waals surface area contributed by atoms with Crippen molar-refractivity contribution >= 4 is 0 Å². The van der Waals surface area contributed by atoms with E-state index in [0.29, 0.717) is 12.5 Å². The molecule has 116 valence electrons. The van der Waals surface area contributed by atoms with E-state index >= 15 is 0 Å². The van der Waals surface area contributed by atoms with Gasteiger partial charge < -0.3 is 13.7 Å². The Kier molecular flexibility index (Phi) is 5.59. The lowest BCUT2D eigenvalue weighted by molar-refractivity contribution is 0.103. The third-order valence-corrected chi connectivity index (χ3v) is 3.63. The molecule has 0 saturated heterocycles. The van der Waals surface area contributed by atoms with E-state index in [2.05, 4.69) is 24.1 Å². The van der Waals surface area contributed by atoms with E-state index in [1.165, 1.54) is 0 Å². The minimum Gasteiger partial charge on any atom is -0.467 e. The number of rotatable bonds is 8. The second kappa shape index (κ2) is 7.43. The first-order valence-electron chi connectivity index (χ1n) is 7.47. The number of hydrogen-bond acceptors (Lipinski definition) is 4. The molecule has 0 radical (unpaired) electrons. The van der Waals surface area contributed by atoms with Crippen LogP contribution in [0.25, 0.3) is 0 Å². The summed E-state index contributed by atoms with van der Waals surface area (Å²) < 4.78 is 13.2. The predicted molar refractivity (Wildman–Crippen MR) is 82.0 cm³/mol. The lowest BCUT2D eigenvalue weighted by Crippen LogP contribution is -2.41. The van der Waals surface area contributed by atoms with Crippen molar-refractivity contribution in [3.05, 3.63) is 42.4 Å². The van der Waals surface area contributed by atoms with Gasteiger partial charge in [0.05, 0.1) is 12.9 Å². The van der Waals surface area contributed by atoms with Crippen LogP contribution in [0.1, 0.15) is 38.4 Å². The van der Waals surface area contributed by atoms with E-state index < -0.39 is 0 Å². The molecule has 1 N–H and O–H groups in total. The molecule has 0 aliphatic carbocycles. The first-order valence-corrected chi connectivity index (χ1v) is 7.47. The van der Waals surface area contributed by atoms with Gasteiger partial charge in [0.2, 0.25) is 0 Å². The first-order chi connectivity index (χ1) is 10.1. The van der Waals surface area contributed by atoms with Gasteiger partial charge in [0.25, 0.3) is 0 Å². The van der Waals surface area contributed by atoms with E-state index in [-0.39, 0.29) is 12.1 Å². The van der Waals surface area contributed by atoms with Crippen molar-refractivity contribution in [3.63, 3.8) is 0 Å². The van der Waals surface area contributed by atoms with Crippen molar-refractivity contribution < 1.29 is 9.15 Å². The van der Waals surface area contributed by atoms with Gasteiger partial charge in [0.15, 0.2) is 0 Å². The van der Waals surface area contributed by atoms with Crippen molar-refractivity contribution in [2.75, 3.05) is 13.2 Å². The van der Waals surface area contributed by atoms with Crippen LogP contribution in [0.4, 0.5) is 0 Å². The van der Waals surface area contributed by atoms with Gasteiger partial charge in [-0.1, -0.05) is 13.8 Å². The second-order valence-electron chi connectivity index (χ2n) is 5.52. The normalized spacial score (nSPS) is 14.5. The van der Waals surface area contributed by atoms with Crippen LogP contribution in [0.15, 0.2) is 35.2 Å². The zero-order valence-corrected chi connectivity index (χ0v) is 13.2. The van der Waals surface area contributed by atoms with Crippen LogP contribution in [-0.2, 0) is 11.8 Å². The van der Waals surface area contributed by atoms with Gasteiger partial charge in [0.1, 0.15) is 17.6 Å². The summed E-state index contributed by atoms with van der Waals surface area (Å²) in [6.07, 6.45) is 5.44. The van der Waals surface area contributed by atoms with Gasteiger partial charge in [-0.3, -0.25) is 5.32 Å². The van der Waals surface area contributed by atoms with Gasteiger partial charge in [-0.15, -0.1) is 0 Å². The molecule has 2 unspecified atom stereocenters. The highest BCUT2D eigenvalue weighted by Gasteiger charge is 2.25. The maximum absolute atomic E-state index is 5.60. The van der Waals surface area contributed by atoms with Gasteiger partial charge in [-0.05, 0) is 25.0 Å². The molecule has 21 heavy (non-hydrogen) atoms. The Morgan fingerprint density at radius 3 is 2.76 bits per heavy atom. The topological polar surface area (TPSA) is 52.2 Å². The van der Waals surface area contributed by atoms with Crippen molar-refractivity contribution in [2.24, 2.45) is 13.0 Å². The molecule has 2 aromatic heterocycles. The molecule has 0 saturated carbocycles. The molecule has 0 fully saturated rings. The van der Waals surface area contributed by atoms with Gasteiger partial charge in [0, 0.05) is 32.1 Å². The fourth-order valence-corrected chi connectivity index (χ4v) is 2.29. The molecule has 0 amide bonds. The largest absolute Gasteiger partial charge is 0.467 e. The maximum atomic E-state index is 5.60. The minimum atomic E-state index is -0.0761. The summed E-state index contributed by atoms with van der Waals surface area (Å²) >= 11 is 0. The Morgan fingerprint density at radius 1 is 1.43 bits per heavy atom. The van der Waals surface area contributed by atoms with Crippen molar-refractivity contribution in [1.29, 1.82) is 0 Å². The Labute approximate surface area is 126 Å². The van der Waals surface area contributed by atoms with Crippen molar-refractivity contribution in [1.82, 2.24) is 14.9 Å². The van der Waals surface area contributed by atoms with E-state index in [0.717, 1.165) is 18.2 Å². The molecule has 0 aromatic carbocycles. The summed E-state index contributed by atoms with van der Waals surface area (Å²) in [4.78, 5) is 4.46. The smallest absolute Gasteiger partial charge is 0.133 e. The number of aryl methyl sites for hydroxylation is 1. The van der Waals surface area contributed by atoms with Crippen LogP contribution in [0.3, 0.4) is 0 Å². The molecular formula is C16H25N3O2. The molecule has 2 atom stereocenters. The molecule has 5 nitrogen and oxygen atoms in total. The van der Waals surface area contributed by atoms with Crippen LogP contribution < -0.4 is 5.32 Å². The Morgan fingerprint density at radius 2 is 2.24 bits per heavy atom. The van der Waals surface area contributed by atoms with Crippen LogP contribution in [0, 0.1) is 5.92 Å². The summed E-state index contributed by atoms with van der Waals surface area (Å²) in [7, 11) is 1.99. The highest BCUT2D eigenvalue weighted by atomic mass is 16.5. The van der Waals surface area contributed by atoms with Crippen LogP contribution in [-0.4, -0.2) is 28.8 Å². The molecule has 0 aliphatic heterocycles. The number of imidazole rings is 1. The molecule has 2 aromatic rings. The van der Waals surface area contributed by atoms with E-state index in [4.69, 9.17) is 9.15 Å². The third kappa shape index (κ3) is 3.95. The monoisotopic (exact) mass is 291 g/mol. The highest BCUT2D eigenvalue weighted by Crippen LogP contribution is 2.22. The molecule has 0 aliphatic rings. The summed E-state index contributed by atoms with van der Waals surface area (Å²) in [6, 6.07) is 4.04. The summed E-state index contributed by atoms with van der Waals surface area (Å²) in [5.41, 5.74) is 0. The van der Waals surface area contributed by atoms with Crippen LogP contribution in [0.2, 0.25) is 0 Å². The average Bonchev–Trinajstić information content (AvgIpc) is 3.11. The molecule has 2 rings (SSSR count). The van der Waals surface area contributed by atoms with Gasteiger partial charge >= 0.3 is 0 Å². The van der Waals surface area contributed by atoms with Crippen molar-refractivity contribution in [2.45, 2.75) is 32.9 Å². The molecule has 2 heterocycles. The summed E-state index contributed by atoms with van der Waals surface area (Å²) in [6.45, 7) is 7.79. The molecule has 0 bridgehead atoms. The molecular weight excluding hydrogens is 266 g/mol. The highest BCUT2D eigenvalue weighted by molar-refractivity contribution is 5.16. The number of nitrogens with zero attached hydrogens (tertiary/aromatic N) is 2. The third-order valence-electron chi connectivity index (χ3n) is 3.63. The first kappa shape index (κ1) is 15.8. The molecule has 5 heteroatoms. The van der Waals surface area contributed by atoms with E-state index in [1.54, 1.807) is 12.5 Å².